The van der Waals surface area contributed by atoms with Gasteiger partial charge in [-0.2, -0.15) is 0 Å². The number of nitrogens with zero attached hydrogens (tertiary/aromatic N) is 2. The zero-order chi connectivity index (χ0) is 24.0. The molecule has 0 bridgehead atoms. The van der Waals surface area contributed by atoms with E-state index >= 15 is 0 Å². The first kappa shape index (κ1) is 21.4. The Kier molecular flexibility index (Phi) is 5.13. The Labute approximate surface area is 194 Å². The minimum absolute atomic E-state index is 0.0858. The molecule has 8 heteroatoms. The lowest BCUT2D eigenvalue weighted by molar-refractivity contribution is 0.0685. The van der Waals surface area contributed by atoms with Crippen LogP contribution in [0.1, 0.15) is 63.7 Å². The molecule has 0 radical (unpaired) electrons. The number of rotatable bonds is 6. The number of aromatic carboxylic acids is 2. The fraction of sp³-hybridized carbons (Fsp3) is 0.154. The second kappa shape index (κ2) is 8.15. The van der Waals surface area contributed by atoms with Crippen LogP contribution < -0.4 is 0 Å². The van der Waals surface area contributed by atoms with Crippen molar-refractivity contribution >= 4 is 23.8 Å². The average molecular weight is 456 g/mol. The molecule has 34 heavy (non-hydrogen) atoms. The van der Waals surface area contributed by atoms with Crippen LogP contribution in [0.2, 0.25) is 0 Å². The Morgan fingerprint density at radius 2 is 1.12 bits per heavy atom. The van der Waals surface area contributed by atoms with E-state index in [1.807, 2.05) is 24.3 Å². The van der Waals surface area contributed by atoms with Gasteiger partial charge in [-0.1, -0.05) is 36.4 Å². The number of hydrogen-bond donors (Lipinski definition) is 2. The van der Waals surface area contributed by atoms with Crippen LogP contribution in [0.25, 0.3) is 0 Å². The molecule has 0 saturated heterocycles. The van der Waals surface area contributed by atoms with Crippen LogP contribution in [0.4, 0.5) is 0 Å². The summed E-state index contributed by atoms with van der Waals surface area (Å²) in [6, 6.07) is 16.8. The van der Waals surface area contributed by atoms with Crippen molar-refractivity contribution in [2.45, 2.75) is 26.2 Å². The molecule has 5 rings (SSSR count). The third-order valence-corrected chi connectivity index (χ3v) is 6.21. The normalized spacial score (nSPS) is 14.4. The summed E-state index contributed by atoms with van der Waals surface area (Å²) >= 11 is 0. The summed E-state index contributed by atoms with van der Waals surface area (Å²) in [6.07, 6.45) is 0. The van der Waals surface area contributed by atoms with Crippen LogP contribution in [0.3, 0.4) is 0 Å². The largest absolute Gasteiger partial charge is 0.478 e. The van der Waals surface area contributed by atoms with Crippen LogP contribution >= 0.6 is 0 Å². The van der Waals surface area contributed by atoms with Crippen molar-refractivity contribution in [1.82, 2.24) is 9.80 Å². The van der Waals surface area contributed by atoms with Crippen molar-refractivity contribution in [2.75, 3.05) is 0 Å². The highest BCUT2D eigenvalue weighted by Crippen LogP contribution is 2.28. The first-order valence-electron chi connectivity index (χ1n) is 10.7. The molecule has 0 unspecified atom stereocenters. The number of hydrogen-bond acceptors (Lipinski definition) is 4. The molecule has 2 aliphatic heterocycles. The number of fused-ring (bicyclic) bond motifs is 2. The predicted molar refractivity (Wildman–Crippen MR) is 120 cm³/mol. The van der Waals surface area contributed by atoms with Crippen molar-refractivity contribution in [3.05, 3.63) is 105 Å². The zero-order valence-corrected chi connectivity index (χ0v) is 18.0. The van der Waals surface area contributed by atoms with E-state index in [-0.39, 0.29) is 22.9 Å². The third kappa shape index (κ3) is 3.79. The second-order valence-corrected chi connectivity index (χ2v) is 8.50. The molecule has 3 aromatic carbocycles. The van der Waals surface area contributed by atoms with Crippen molar-refractivity contribution < 1.29 is 29.4 Å². The molecular weight excluding hydrogens is 436 g/mol. The molecule has 2 aliphatic rings. The van der Waals surface area contributed by atoms with E-state index < -0.39 is 11.9 Å². The minimum Gasteiger partial charge on any atom is -0.478 e. The Hall–Kier alpha value is -4.46. The highest BCUT2D eigenvalue weighted by Gasteiger charge is 2.30. The van der Waals surface area contributed by atoms with Gasteiger partial charge in [0, 0.05) is 37.3 Å². The van der Waals surface area contributed by atoms with Gasteiger partial charge in [0.05, 0.1) is 11.1 Å². The molecule has 8 nitrogen and oxygen atoms in total. The molecule has 2 N–H and O–H groups in total. The Balaban J connectivity index is 1.29. The average Bonchev–Trinajstić information content (AvgIpc) is 3.29. The van der Waals surface area contributed by atoms with Crippen molar-refractivity contribution in [2.24, 2.45) is 0 Å². The van der Waals surface area contributed by atoms with E-state index in [4.69, 9.17) is 0 Å². The van der Waals surface area contributed by atoms with Crippen molar-refractivity contribution in [3.8, 4) is 0 Å². The fourth-order valence-corrected chi connectivity index (χ4v) is 4.51. The Morgan fingerprint density at radius 1 is 0.676 bits per heavy atom. The summed E-state index contributed by atoms with van der Waals surface area (Å²) in [5.41, 5.74) is 4.39. The molecular formula is C26H20N2O6. The number of benzene rings is 3. The molecule has 2 amide bonds. The van der Waals surface area contributed by atoms with E-state index in [0.717, 1.165) is 22.3 Å². The molecule has 0 fully saturated rings. The standard InChI is InChI=1S/C26H20N2O6/c29-23-21-9-17(25(31)32)4-6-19(21)13-27(23)11-15-2-1-3-16(8-15)12-28-14-20-7-5-18(26(33)34)10-22(20)24(28)30/h1-10H,11-14H2,(H,31,32)(H,33,34). The smallest absolute Gasteiger partial charge is 0.335 e. The summed E-state index contributed by atoms with van der Waals surface area (Å²) in [5, 5.41) is 18.4. The quantitative estimate of drug-likeness (QED) is 0.588. The van der Waals surface area contributed by atoms with Gasteiger partial charge in [0.25, 0.3) is 11.8 Å². The summed E-state index contributed by atoms with van der Waals surface area (Å²) in [5.74, 6) is -2.55. The number of carbonyl (C=O) groups excluding carboxylic acids is 2. The van der Waals surface area contributed by atoms with Crippen LogP contribution in [-0.4, -0.2) is 43.8 Å². The molecule has 2 heterocycles. The van der Waals surface area contributed by atoms with Crippen molar-refractivity contribution in [1.29, 1.82) is 0 Å². The van der Waals surface area contributed by atoms with Gasteiger partial charge in [0.1, 0.15) is 0 Å². The second-order valence-electron chi connectivity index (χ2n) is 8.50. The Morgan fingerprint density at radius 3 is 1.53 bits per heavy atom. The van der Waals surface area contributed by atoms with Crippen molar-refractivity contribution in [3.63, 3.8) is 0 Å². The first-order chi connectivity index (χ1) is 16.3. The first-order valence-corrected chi connectivity index (χ1v) is 10.7. The maximum absolute atomic E-state index is 12.8. The highest BCUT2D eigenvalue weighted by molar-refractivity contribution is 6.01. The maximum Gasteiger partial charge on any atom is 0.335 e. The summed E-state index contributed by atoms with van der Waals surface area (Å²) in [4.78, 5) is 51.4. The fourth-order valence-electron chi connectivity index (χ4n) is 4.51. The maximum atomic E-state index is 12.8. The minimum atomic E-state index is -1.07. The topological polar surface area (TPSA) is 115 Å². The lowest BCUT2D eigenvalue weighted by Gasteiger charge is -2.18. The van der Waals surface area contributed by atoms with Gasteiger partial charge in [-0.15, -0.1) is 0 Å². The van der Waals surface area contributed by atoms with E-state index in [9.17, 15) is 29.4 Å². The molecule has 0 aliphatic carbocycles. The number of carboxylic acid groups (broad SMARTS) is 2. The molecule has 3 aromatic rings. The van der Waals surface area contributed by atoms with E-state index in [2.05, 4.69) is 0 Å². The summed E-state index contributed by atoms with van der Waals surface area (Å²) in [7, 11) is 0. The number of carboxylic acids is 2. The molecule has 0 aromatic heterocycles. The molecule has 0 saturated carbocycles. The number of carbonyl (C=O) groups is 4. The molecule has 170 valence electrons. The number of amides is 2. The van der Waals surface area contributed by atoms with Crippen LogP contribution in [0.15, 0.2) is 60.7 Å². The van der Waals surface area contributed by atoms with Gasteiger partial charge in [-0.25, -0.2) is 9.59 Å². The molecule has 0 atom stereocenters. The third-order valence-electron chi connectivity index (χ3n) is 6.21. The van der Waals surface area contributed by atoms with E-state index in [1.54, 1.807) is 21.9 Å². The van der Waals surface area contributed by atoms with E-state index in [0.29, 0.717) is 37.3 Å². The van der Waals surface area contributed by atoms with Gasteiger partial charge in [-0.05, 0) is 46.5 Å². The molecule has 0 spiro atoms. The SMILES string of the molecule is O=C(O)c1ccc2c(c1)C(=O)N(Cc1cccc(CN3Cc4ccc(C(=O)O)cc4C3=O)c1)C2. The summed E-state index contributed by atoms with van der Waals surface area (Å²) in [6.45, 7) is 1.54. The summed E-state index contributed by atoms with van der Waals surface area (Å²) < 4.78 is 0. The highest BCUT2D eigenvalue weighted by atomic mass is 16.4. The van der Waals surface area contributed by atoms with Gasteiger partial charge < -0.3 is 20.0 Å². The lowest BCUT2D eigenvalue weighted by atomic mass is 10.1. The van der Waals surface area contributed by atoms with Gasteiger partial charge in [0.2, 0.25) is 0 Å². The zero-order valence-electron chi connectivity index (χ0n) is 18.0. The van der Waals surface area contributed by atoms with Crippen LogP contribution in [0, 0.1) is 0 Å². The van der Waals surface area contributed by atoms with E-state index in [1.165, 1.54) is 24.3 Å². The Bertz CT molecular complexity index is 1280. The van der Waals surface area contributed by atoms with Gasteiger partial charge >= 0.3 is 11.9 Å². The van der Waals surface area contributed by atoms with Gasteiger partial charge in [-0.3, -0.25) is 9.59 Å². The lowest BCUT2D eigenvalue weighted by Crippen LogP contribution is -2.24. The monoisotopic (exact) mass is 456 g/mol. The predicted octanol–water partition coefficient (Wildman–Crippen LogP) is 3.40. The van der Waals surface area contributed by atoms with Crippen LogP contribution in [-0.2, 0) is 26.2 Å². The van der Waals surface area contributed by atoms with Gasteiger partial charge in [0.15, 0.2) is 0 Å². The van der Waals surface area contributed by atoms with Crippen LogP contribution in [0.5, 0.6) is 0 Å².